The number of ether oxygens (including phenoxy) is 1. The van der Waals surface area contributed by atoms with E-state index in [0.29, 0.717) is 6.42 Å². The van der Waals surface area contributed by atoms with Crippen molar-refractivity contribution in [2.75, 3.05) is 20.3 Å². The summed E-state index contributed by atoms with van der Waals surface area (Å²) >= 11 is 0. The molecule has 0 aliphatic carbocycles. The second-order valence-corrected chi connectivity index (χ2v) is 4.01. The molecule has 1 atom stereocenters. The molecule has 0 saturated carbocycles. The van der Waals surface area contributed by atoms with Crippen LogP contribution >= 0.6 is 0 Å². The van der Waals surface area contributed by atoms with E-state index >= 15 is 0 Å². The fourth-order valence-electron chi connectivity index (χ4n) is 1.51. The minimum absolute atomic E-state index is 0.659. The lowest BCUT2D eigenvalue weighted by Gasteiger charge is -2.25. The maximum Gasteiger partial charge on any atom is 0.323 e. The highest BCUT2D eigenvalue weighted by Crippen LogP contribution is 2.12. The van der Waals surface area contributed by atoms with E-state index in [1.54, 1.807) is 14.0 Å². The highest BCUT2D eigenvalue weighted by molar-refractivity contribution is 5.78. The number of hydrogen-bond donors (Lipinski definition) is 2. The quantitative estimate of drug-likeness (QED) is 0.576. The summed E-state index contributed by atoms with van der Waals surface area (Å²) in [4.78, 5) is 11.0. The van der Waals surface area contributed by atoms with Crippen LogP contribution in [0, 0.1) is 0 Å². The van der Waals surface area contributed by atoms with Gasteiger partial charge in [0.2, 0.25) is 0 Å². The minimum Gasteiger partial charge on any atom is -0.480 e. The van der Waals surface area contributed by atoms with Gasteiger partial charge in [0.1, 0.15) is 5.54 Å². The summed E-state index contributed by atoms with van der Waals surface area (Å²) in [6, 6.07) is 0. The van der Waals surface area contributed by atoms with Crippen LogP contribution in [-0.2, 0) is 9.53 Å². The van der Waals surface area contributed by atoms with E-state index in [4.69, 9.17) is 9.84 Å². The first-order valence-corrected chi connectivity index (χ1v) is 5.54. The number of carboxylic acids is 1. The number of hydrogen-bond acceptors (Lipinski definition) is 3. The van der Waals surface area contributed by atoms with Crippen LogP contribution in [0.15, 0.2) is 0 Å². The summed E-state index contributed by atoms with van der Waals surface area (Å²) in [6.07, 6.45) is 3.44. The van der Waals surface area contributed by atoms with E-state index in [1.165, 1.54) is 0 Å². The Kier molecular flexibility index (Phi) is 7.34. The number of aliphatic carboxylic acids is 1. The molecule has 0 fully saturated rings. The SMILES string of the molecule is CCCC(C)(NCCCCOC)C(=O)O. The lowest BCUT2D eigenvalue weighted by Crippen LogP contribution is -2.49. The van der Waals surface area contributed by atoms with Gasteiger partial charge >= 0.3 is 5.97 Å². The lowest BCUT2D eigenvalue weighted by molar-refractivity contribution is -0.144. The van der Waals surface area contributed by atoms with Gasteiger partial charge in [-0.05, 0) is 32.7 Å². The minimum atomic E-state index is -0.776. The van der Waals surface area contributed by atoms with Crippen molar-refractivity contribution < 1.29 is 14.6 Å². The molecule has 2 N–H and O–H groups in total. The van der Waals surface area contributed by atoms with Gasteiger partial charge in [-0.2, -0.15) is 0 Å². The van der Waals surface area contributed by atoms with Crippen molar-refractivity contribution >= 4 is 5.97 Å². The second-order valence-electron chi connectivity index (χ2n) is 4.01. The molecule has 0 rings (SSSR count). The highest BCUT2D eigenvalue weighted by atomic mass is 16.5. The zero-order chi connectivity index (χ0) is 11.7. The van der Waals surface area contributed by atoms with E-state index in [2.05, 4.69) is 5.32 Å². The van der Waals surface area contributed by atoms with E-state index in [1.807, 2.05) is 6.92 Å². The average Bonchev–Trinajstić information content (AvgIpc) is 2.18. The van der Waals surface area contributed by atoms with Gasteiger partial charge in [-0.25, -0.2) is 0 Å². The Balaban J connectivity index is 3.81. The first-order valence-electron chi connectivity index (χ1n) is 5.54. The molecular weight excluding hydrogens is 194 g/mol. The van der Waals surface area contributed by atoms with Gasteiger partial charge in [-0.1, -0.05) is 13.3 Å². The molecule has 1 unspecified atom stereocenters. The molecule has 15 heavy (non-hydrogen) atoms. The Morgan fingerprint density at radius 1 is 1.47 bits per heavy atom. The van der Waals surface area contributed by atoms with Crippen molar-refractivity contribution in [2.24, 2.45) is 0 Å². The van der Waals surface area contributed by atoms with Gasteiger partial charge in [0.05, 0.1) is 0 Å². The molecule has 4 heteroatoms. The van der Waals surface area contributed by atoms with Gasteiger partial charge in [0.25, 0.3) is 0 Å². The number of carboxylic acid groups (broad SMARTS) is 1. The Morgan fingerprint density at radius 3 is 2.60 bits per heavy atom. The molecule has 4 nitrogen and oxygen atoms in total. The van der Waals surface area contributed by atoms with Gasteiger partial charge < -0.3 is 15.2 Å². The molecule has 0 spiro atoms. The summed E-state index contributed by atoms with van der Waals surface area (Å²) in [5.41, 5.74) is -0.776. The molecule has 0 aliphatic rings. The third kappa shape index (κ3) is 5.74. The van der Waals surface area contributed by atoms with Gasteiger partial charge in [-0.15, -0.1) is 0 Å². The molecule has 0 aromatic rings. The van der Waals surface area contributed by atoms with Gasteiger partial charge in [0.15, 0.2) is 0 Å². The van der Waals surface area contributed by atoms with Crippen molar-refractivity contribution in [2.45, 2.75) is 45.1 Å². The van der Waals surface area contributed by atoms with E-state index in [-0.39, 0.29) is 0 Å². The van der Waals surface area contributed by atoms with Crippen LogP contribution in [0.1, 0.15) is 39.5 Å². The predicted octanol–water partition coefficient (Wildman–Crippen LogP) is 1.65. The van der Waals surface area contributed by atoms with Crippen LogP contribution in [0.4, 0.5) is 0 Å². The zero-order valence-corrected chi connectivity index (χ0v) is 10.0. The molecule has 0 amide bonds. The van der Waals surface area contributed by atoms with Crippen LogP contribution in [0.5, 0.6) is 0 Å². The summed E-state index contributed by atoms with van der Waals surface area (Å²) < 4.78 is 4.92. The first-order chi connectivity index (χ1) is 7.06. The highest BCUT2D eigenvalue weighted by Gasteiger charge is 2.30. The molecule has 0 radical (unpaired) electrons. The monoisotopic (exact) mass is 217 g/mol. The number of rotatable bonds is 9. The molecule has 0 aromatic heterocycles. The Hall–Kier alpha value is -0.610. The molecule has 0 saturated heterocycles. The summed E-state index contributed by atoms with van der Waals surface area (Å²) in [6.45, 7) is 5.20. The largest absolute Gasteiger partial charge is 0.480 e. The molecule has 0 bridgehead atoms. The number of carbonyl (C=O) groups is 1. The van der Waals surface area contributed by atoms with Crippen LogP contribution in [0.25, 0.3) is 0 Å². The second kappa shape index (κ2) is 7.65. The third-order valence-corrected chi connectivity index (χ3v) is 2.51. The summed E-state index contributed by atoms with van der Waals surface area (Å²) in [5.74, 6) is -0.768. The fourth-order valence-corrected chi connectivity index (χ4v) is 1.51. The van der Waals surface area contributed by atoms with Crippen molar-refractivity contribution in [1.82, 2.24) is 5.32 Å². The number of methoxy groups -OCH3 is 1. The Labute approximate surface area is 92.0 Å². The van der Waals surface area contributed by atoms with Crippen molar-refractivity contribution in [3.63, 3.8) is 0 Å². The van der Waals surface area contributed by atoms with Crippen LogP contribution in [-0.4, -0.2) is 36.9 Å². The Morgan fingerprint density at radius 2 is 2.13 bits per heavy atom. The predicted molar refractivity (Wildman–Crippen MR) is 60.1 cm³/mol. The zero-order valence-electron chi connectivity index (χ0n) is 10.0. The molecule has 0 heterocycles. The molecule has 0 aromatic carbocycles. The molecule has 90 valence electrons. The molecular formula is C11H23NO3. The third-order valence-electron chi connectivity index (χ3n) is 2.51. The number of unbranched alkanes of at least 4 members (excludes halogenated alkanes) is 1. The lowest BCUT2D eigenvalue weighted by atomic mass is 9.96. The van der Waals surface area contributed by atoms with E-state index in [0.717, 1.165) is 32.4 Å². The normalized spacial score (nSPS) is 14.9. The van der Waals surface area contributed by atoms with Crippen LogP contribution < -0.4 is 5.32 Å². The molecule has 0 aliphatic heterocycles. The van der Waals surface area contributed by atoms with Crippen molar-refractivity contribution in [3.05, 3.63) is 0 Å². The maximum absolute atomic E-state index is 11.0. The van der Waals surface area contributed by atoms with Gasteiger partial charge in [0, 0.05) is 13.7 Å². The van der Waals surface area contributed by atoms with Gasteiger partial charge in [-0.3, -0.25) is 4.79 Å². The van der Waals surface area contributed by atoms with E-state index < -0.39 is 11.5 Å². The fraction of sp³-hybridized carbons (Fsp3) is 0.909. The summed E-state index contributed by atoms with van der Waals surface area (Å²) in [7, 11) is 1.67. The maximum atomic E-state index is 11.0. The standard InChI is InChI=1S/C11H23NO3/c1-4-7-11(2,10(13)14)12-8-5-6-9-15-3/h12H,4-9H2,1-3H3,(H,13,14). The van der Waals surface area contributed by atoms with Crippen molar-refractivity contribution in [3.8, 4) is 0 Å². The number of nitrogens with one attached hydrogen (secondary N) is 1. The first kappa shape index (κ1) is 14.4. The van der Waals surface area contributed by atoms with Crippen LogP contribution in [0.2, 0.25) is 0 Å². The van der Waals surface area contributed by atoms with Crippen molar-refractivity contribution in [1.29, 1.82) is 0 Å². The van der Waals surface area contributed by atoms with E-state index in [9.17, 15) is 4.79 Å². The summed E-state index contributed by atoms with van der Waals surface area (Å²) in [5, 5.41) is 12.2. The topological polar surface area (TPSA) is 58.6 Å². The average molecular weight is 217 g/mol. The smallest absolute Gasteiger partial charge is 0.323 e. The Bertz CT molecular complexity index is 185. The van der Waals surface area contributed by atoms with Crippen LogP contribution in [0.3, 0.4) is 0 Å².